The van der Waals surface area contributed by atoms with Crippen molar-refractivity contribution in [2.75, 3.05) is 46.0 Å². The average molecular weight is 348 g/mol. The average Bonchev–Trinajstić information content (AvgIpc) is 3.10. The summed E-state index contributed by atoms with van der Waals surface area (Å²) in [5, 5.41) is 3.41. The topological polar surface area (TPSA) is 46.1 Å². The molecule has 0 amide bonds. The van der Waals surface area contributed by atoms with Crippen LogP contribution >= 0.6 is 0 Å². The van der Waals surface area contributed by atoms with Crippen LogP contribution in [0.1, 0.15) is 32.3 Å². The molecule has 1 aliphatic rings. The highest BCUT2D eigenvalue weighted by Gasteiger charge is 2.24. The minimum atomic E-state index is 0.580. The second-order valence-corrected chi connectivity index (χ2v) is 6.39. The molecule has 1 atom stereocenters. The number of hydrogen-bond donors (Lipinski definition) is 1. The molecule has 0 radical (unpaired) electrons. The monoisotopic (exact) mass is 347 g/mol. The summed E-state index contributed by atoms with van der Waals surface area (Å²) >= 11 is 0. The highest BCUT2D eigenvalue weighted by molar-refractivity contribution is 5.80. The van der Waals surface area contributed by atoms with Crippen molar-refractivity contribution in [1.82, 2.24) is 10.2 Å². The molecular weight excluding hydrogens is 314 g/mol. The molecule has 1 aliphatic heterocycles. The summed E-state index contributed by atoms with van der Waals surface area (Å²) < 4.78 is 11.3. The lowest BCUT2D eigenvalue weighted by molar-refractivity contribution is 0.0906. The van der Waals surface area contributed by atoms with E-state index in [2.05, 4.69) is 41.4 Å². The van der Waals surface area contributed by atoms with E-state index in [4.69, 9.17) is 14.5 Å². The van der Waals surface area contributed by atoms with E-state index >= 15 is 0 Å². The first-order chi connectivity index (χ1) is 12.3. The summed E-state index contributed by atoms with van der Waals surface area (Å²) in [5.41, 5.74) is 1.24. The fourth-order valence-electron chi connectivity index (χ4n) is 3.00. The third kappa shape index (κ3) is 7.45. The largest absolute Gasteiger partial charge is 0.382 e. The molecule has 1 heterocycles. The molecule has 25 heavy (non-hydrogen) atoms. The lowest BCUT2D eigenvalue weighted by Gasteiger charge is -2.21. The Balaban J connectivity index is 1.71. The Labute approximate surface area is 152 Å². The van der Waals surface area contributed by atoms with Gasteiger partial charge < -0.3 is 19.7 Å². The number of nitrogens with one attached hydrogen (secondary N) is 1. The van der Waals surface area contributed by atoms with Crippen molar-refractivity contribution < 1.29 is 9.47 Å². The van der Waals surface area contributed by atoms with Crippen LogP contribution in [0.5, 0.6) is 0 Å². The summed E-state index contributed by atoms with van der Waals surface area (Å²) in [6.07, 6.45) is 2.14. The van der Waals surface area contributed by atoms with Gasteiger partial charge in [0.25, 0.3) is 0 Å². The van der Waals surface area contributed by atoms with Crippen molar-refractivity contribution in [3.63, 3.8) is 0 Å². The van der Waals surface area contributed by atoms with Gasteiger partial charge in [0.15, 0.2) is 5.96 Å². The van der Waals surface area contributed by atoms with Gasteiger partial charge in [0, 0.05) is 45.3 Å². The molecule has 2 rings (SSSR count). The second kappa shape index (κ2) is 11.9. The Bertz CT molecular complexity index is 493. The maximum absolute atomic E-state index is 5.91. The predicted molar refractivity (Wildman–Crippen MR) is 103 cm³/mol. The molecule has 1 aromatic rings. The smallest absolute Gasteiger partial charge is 0.193 e. The number of benzene rings is 1. The van der Waals surface area contributed by atoms with Crippen LogP contribution in [0.3, 0.4) is 0 Å². The van der Waals surface area contributed by atoms with Gasteiger partial charge in [0.1, 0.15) is 0 Å². The van der Waals surface area contributed by atoms with Crippen LogP contribution in [0.25, 0.3) is 0 Å². The van der Waals surface area contributed by atoms with Gasteiger partial charge in [-0.3, -0.25) is 4.99 Å². The third-order valence-corrected chi connectivity index (χ3v) is 4.30. The molecule has 5 heteroatoms. The Hall–Kier alpha value is -1.59. The van der Waals surface area contributed by atoms with E-state index in [1.54, 1.807) is 0 Å². The Morgan fingerprint density at radius 1 is 1.24 bits per heavy atom. The summed E-state index contributed by atoms with van der Waals surface area (Å²) in [4.78, 5) is 7.10. The first-order valence-electron chi connectivity index (χ1n) is 9.56. The molecule has 140 valence electrons. The van der Waals surface area contributed by atoms with Crippen LogP contribution in [0.4, 0.5) is 0 Å². The fraction of sp³-hybridized carbons (Fsp3) is 0.650. The van der Waals surface area contributed by atoms with Gasteiger partial charge in [-0.15, -0.1) is 0 Å². The van der Waals surface area contributed by atoms with E-state index in [0.717, 1.165) is 64.8 Å². The van der Waals surface area contributed by atoms with Crippen LogP contribution in [-0.4, -0.2) is 56.9 Å². The number of nitrogens with zero attached hydrogens (tertiary/aromatic N) is 2. The maximum atomic E-state index is 5.91. The van der Waals surface area contributed by atoms with Crippen molar-refractivity contribution in [3.8, 4) is 0 Å². The molecule has 0 spiro atoms. The van der Waals surface area contributed by atoms with Crippen LogP contribution in [0.15, 0.2) is 35.3 Å². The molecular formula is C20H33N3O2. The number of rotatable bonds is 10. The zero-order chi connectivity index (χ0) is 17.7. The number of likely N-dealkylation sites (tertiary alicyclic amines) is 1. The normalized spacial score (nSPS) is 17.9. The maximum Gasteiger partial charge on any atom is 0.193 e. The van der Waals surface area contributed by atoms with Gasteiger partial charge in [-0.1, -0.05) is 30.3 Å². The van der Waals surface area contributed by atoms with Crippen molar-refractivity contribution in [2.24, 2.45) is 10.9 Å². The van der Waals surface area contributed by atoms with Gasteiger partial charge in [-0.05, 0) is 32.3 Å². The van der Waals surface area contributed by atoms with Crippen molar-refractivity contribution in [1.29, 1.82) is 0 Å². The standard InChI is InChI=1S/C20H33N3O2/c1-3-21-20(22-12-8-14-24-4-2)23-13-11-19(15-23)17-25-16-18-9-6-5-7-10-18/h5-7,9-10,19H,3-4,8,11-17H2,1-2H3,(H,21,22). The number of guanidine groups is 1. The molecule has 0 aromatic heterocycles. The van der Waals surface area contributed by atoms with Gasteiger partial charge in [-0.25, -0.2) is 0 Å². The lowest BCUT2D eigenvalue weighted by Crippen LogP contribution is -2.40. The lowest BCUT2D eigenvalue weighted by atomic mass is 10.1. The Morgan fingerprint density at radius 3 is 2.84 bits per heavy atom. The summed E-state index contributed by atoms with van der Waals surface area (Å²) in [6, 6.07) is 10.4. The zero-order valence-corrected chi connectivity index (χ0v) is 15.7. The zero-order valence-electron chi connectivity index (χ0n) is 15.7. The molecule has 1 aromatic carbocycles. The van der Waals surface area contributed by atoms with Crippen molar-refractivity contribution >= 4 is 5.96 Å². The van der Waals surface area contributed by atoms with Crippen LogP contribution in [-0.2, 0) is 16.1 Å². The summed E-state index contributed by atoms with van der Waals surface area (Å²) in [5.74, 6) is 1.61. The van der Waals surface area contributed by atoms with E-state index in [0.29, 0.717) is 12.5 Å². The van der Waals surface area contributed by atoms with Gasteiger partial charge in [-0.2, -0.15) is 0 Å². The summed E-state index contributed by atoms with van der Waals surface area (Å²) in [6.45, 7) is 11.0. The van der Waals surface area contributed by atoms with E-state index < -0.39 is 0 Å². The Morgan fingerprint density at radius 2 is 2.08 bits per heavy atom. The first kappa shape index (κ1) is 19.7. The number of ether oxygens (including phenoxy) is 2. The van der Waals surface area contributed by atoms with Crippen LogP contribution < -0.4 is 5.32 Å². The molecule has 0 saturated carbocycles. The van der Waals surface area contributed by atoms with Crippen LogP contribution in [0.2, 0.25) is 0 Å². The molecule has 1 saturated heterocycles. The van der Waals surface area contributed by atoms with Gasteiger partial charge >= 0.3 is 0 Å². The highest BCUT2D eigenvalue weighted by Crippen LogP contribution is 2.17. The molecule has 0 aliphatic carbocycles. The molecule has 1 N–H and O–H groups in total. The summed E-state index contributed by atoms with van der Waals surface area (Å²) in [7, 11) is 0. The second-order valence-electron chi connectivity index (χ2n) is 6.39. The van der Waals surface area contributed by atoms with Crippen LogP contribution in [0, 0.1) is 5.92 Å². The number of hydrogen-bond acceptors (Lipinski definition) is 3. The van der Waals surface area contributed by atoms with Gasteiger partial charge in [0.2, 0.25) is 0 Å². The predicted octanol–water partition coefficient (Wildman–Crippen LogP) is 2.92. The first-order valence-corrected chi connectivity index (χ1v) is 9.56. The Kier molecular flexibility index (Phi) is 9.37. The van der Waals surface area contributed by atoms with E-state index in [1.807, 2.05) is 13.0 Å². The molecule has 1 fully saturated rings. The molecule has 1 unspecified atom stereocenters. The molecule has 5 nitrogen and oxygen atoms in total. The van der Waals surface area contributed by atoms with E-state index in [9.17, 15) is 0 Å². The SMILES string of the molecule is CCNC(=NCCCOCC)N1CCC(COCc2ccccc2)C1. The van der Waals surface area contributed by atoms with E-state index in [1.165, 1.54) is 5.56 Å². The number of aliphatic imine (C=N–C) groups is 1. The van der Waals surface area contributed by atoms with Gasteiger partial charge in [0.05, 0.1) is 13.2 Å². The minimum Gasteiger partial charge on any atom is -0.382 e. The van der Waals surface area contributed by atoms with Crippen molar-refractivity contribution in [3.05, 3.63) is 35.9 Å². The van der Waals surface area contributed by atoms with E-state index in [-0.39, 0.29) is 0 Å². The minimum absolute atomic E-state index is 0.580. The highest BCUT2D eigenvalue weighted by atomic mass is 16.5. The third-order valence-electron chi connectivity index (χ3n) is 4.30. The quantitative estimate of drug-likeness (QED) is 0.402. The molecule has 0 bridgehead atoms. The van der Waals surface area contributed by atoms with Crippen molar-refractivity contribution in [2.45, 2.75) is 33.3 Å². The fourth-order valence-corrected chi connectivity index (χ4v) is 3.00.